The van der Waals surface area contributed by atoms with Crippen molar-refractivity contribution in [3.63, 3.8) is 0 Å². The normalized spacial score (nSPS) is 20.9. The topological polar surface area (TPSA) is 58.4 Å². The number of likely N-dealkylation sites (tertiary alicyclic amines) is 1. The molecule has 1 atom stereocenters. The van der Waals surface area contributed by atoms with Gasteiger partial charge in [0.25, 0.3) is 0 Å². The van der Waals surface area contributed by atoms with E-state index in [1.807, 2.05) is 0 Å². The summed E-state index contributed by atoms with van der Waals surface area (Å²) in [6.45, 7) is 8.86. The number of nitrogens with zero attached hydrogens (tertiary/aromatic N) is 1. The third-order valence-corrected chi connectivity index (χ3v) is 4.18. The van der Waals surface area contributed by atoms with Gasteiger partial charge in [0.2, 0.25) is 5.91 Å². The lowest BCUT2D eigenvalue weighted by molar-refractivity contribution is -0.119. The molecule has 1 fully saturated rings. The van der Waals surface area contributed by atoms with Crippen molar-refractivity contribution < 1.29 is 4.79 Å². The number of rotatable bonds is 6. The van der Waals surface area contributed by atoms with Gasteiger partial charge in [-0.2, -0.15) is 0 Å². The fraction of sp³-hybridized carbons (Fsp3) is 0.846. The molecule has 0 aromatic heterocycles. The first-order valence-corrected chi connectivity index (χ1v) is 7.01. The van der Waals surface area contributed by atoms with Crippen molar-refractivity contribution in [2.24, 2.45) is 11.1 Å². The first-order valence-electron chi connectivity index (χ1n) is 6.60. The van der Waals surface area contributed by atoms with E-state index in [1.54, 1.807) is 6.92 Å². The van der Waals surface area contributed by atoms with Crippen LogP contribution < -0.4 is 11.1 Å². The van der Waals surface area contributed by atoms with Crippen molar-refractivity contribution in [3.05, 3.63) is 0 Å². The Bertz CT molecular complexity index is 317. The summed E-state index contributed by atoms with van der Waals surface area (Å²) in [6.07, 6.45) is 3.17. The maximum atomic E-state index is 11.0. The number of thiocarbonyl (C=S) groups is 1. The van der Waals surface area contributed by atoms with Gasteiger partial charge in [-0.3, -0.25) is 4.79 Å². The second-order valence-electron chi connectivity index (χ2n) is 5.84. The van der Waals surface area contributed by atoms with Gasteiger partial charge in [0.05, 0.1) is 4.99 Å². The molecule has 18 heavy (non-hydrogen) atoms. The fourth-order valence-electron chi connectivity index (χ4n) is 2.31. The molecule has 1 aliphatic heterocycles. The quantitative estimate of drug-likeness (QED) is 0.715. The lowest BCUT2D eigenvalue weighted by Crippen LogP contribution is -2.36. The van der Waals surface area contributed by atoms with Crippen LogP contribution in [0.2, 0.25) is 0 Å². The van der Waals surface area contributed by atoms with Crippen LogP contribution in [0.3, 0.4) is 0 Å². The van der Waals surface area contributed by atoms with E-state index >= 15 is 0 Å². The third kappa shape index (κ3) is 4.90. The van der Waals surface area contributed by atoms with E-state index in [0.717, 1.165) is 38.9 Å². The van der Waals surface area contributed by atoms with E-state index in [-0.39, 0.29) is 11.3 Å². The van der Waals surface area contributed by atoms with Gasteiger partial charge < -0.3 is 16.0 Å². The first-order chi connectivity index (χ1) is 8.31. The van der Waals surface area contributed by atoms with Gasteiger partial charge in [-0.1, -0.05) is 26.1 Å². The number of carbonyl (C=O) groups excluding carboxylic acids is 1. The summed E-state index contributed by atoms with van der Waals surface area (Å²) >= 11 is 5.06. The highest BCUT2D eigenvalue weighted by Gasteiger charge is 2.24. The molecule has 0 spiro atoms. The zero-order chi connectivity index (χ0) is 13.8. The summed E-state index contributed by atoms with van der Waals surface area (Å²) in [6, 6.07) is 0.325. The largest absolute Gasteiger partial charge is 0.393 e. The second kappa shape index (κ2) is 6.48. The van der Waals surface area contributed by atoms with Crippen molar-refractivity contribution in [2.45, 2.75) is 46.1 Å². The Morgan fingerprint density at radius 2 is 2.22 bits per heavy atom. The van der Waals surface area contributed by atoms with Crippen LogP contribution in [0.25, 0.3) is 0 Å². The van der Waals surface area contributed by atoms with Gasteiger partial charge in [-0.15, -0.1) is 0 Å². The molecule has 0 aliphatic carbocycles. The first kappa shape index (κ1) is 15.4. The zero-order valence-electron chi connectivity index (χ0n) is 11.7. The number of hydrogen-bond acceptors (Lipinski definition) is 3. The van der Waals surface area contributed by atoms with Gasteiger partial charge in [0, 0.05) is 31.5 Å². The average Bonchev–Trinajstić information content (AvgIpc) is 2.64. The molecule has 0 aromatic rings. The molecule has 0 aromatic carbocycles. The van der Waals surface area contributed by atoms with Crippen molar-refractivity contribution in [1.82, 2.24) is 10.2 Å². The molecule has 5 heteroatoms. The molecular weight excluding hydrogens is 246 g/mol. The number of carbonyl (C=O) groups is 1. The molecule has 0 saturated carbocycles. The Kier molecular flexibility index (Phi) is 5.53. The number of nitrogens with one attached hydrogen (secondary N) is 1. The van der Waals surface area contributed by atoms with Crippen LogP contribution >= 0.6 is 12.2 Å². The van der Waals surface area contributed by atoms with Crippen molar-refractivity contribution >= 4 is 23.1 Å². The SMILES string of the molecule is CC(=O)NC1CCN(CCCC(C)(C)C(N)=S)C1. The van der Waals surface area contributed by atoms with E-state index in [2.05, 4.69) is 24.1 Å². The van der Waals surface area contributed by atoms with E-state index in [0.29, 0.717) is 11.0 Å². The van der Waals surface area contributed by atoms with E-state index in [9.17, 15) is 4.79 Å². The molecule has 1 rings (SSSR count). The van der Waals surface area contributed by atoms with Crippen LogP contribution in [0.4, 0.5) is 0 Å². The number of nitrogens with two attached hydrogens (primary N) is 1. The van der Waals surface area contributed by atoms with Crippen LogP contribution in [0, 0.1) is 5.41 Å². The van der Waals surface area contributed by atoms with Crippen LogP contribution in [-0.4, -0.2) is 41.5 Å². The summed E-state index contributed by atoms with van der Waals surface area (Å²) in [5.74, 6) is 0.0662. The molecule has 1 amide bonds. The molecule has 1 heterocycles. The van der Waals surface area contributed by atoms with Crippen molar-refractivity contribution in [3.8, 4) is 0 Å². The molecule has 0 bridgehead atoms. The maximum Gasteiger partial charge on any atom is 0.217 e. The smallest absolute Gasteiger partial charge is 0.217 e. The molecule has 1 aliphatic rings. The predicted octanol–water partition coefficient (Wildman–Crippen LogP) is 1.29. The Morgan fingerprint density at radius 3 is 2.78 bits per heavy atom. The Hall–Kier alpha value is -0.680. The monoisotopic (exact) mass is 271 g/mol. The second-order valence-corrected chi connectivity index (χ2v) is 6.28. The van der Waals surface area contributed by atoms with Crippen LogP contribution in [0.5, 0.6) is 0 Å². The Balaban J connectivity index is 2.22. The molecule has 0 radical (unpaired) electrons. The van der Waals surface area contributed by atoms with Crippen LogP contribution in [0.1, 0.15) is 40.0 Å². The minimum absolute atomic E-state index is 0.0495. The summed E-state index contributed by atoms with van der Waals surface area (Å²) in [4.78, 5) is 14.0. The van der Waals surface area contributed by atoms with Crippen LogP contribution in [-0.2, 0) is 4.79 Å². The van der Waals surface area contributed by atoms with E-state index in [1.165, 1.54) is 0 Å². The van der Waals surface area contributed by atoms with Crippen molar-refractivity contribution in [1.29, 1.82) is 0 Å². The highest BCUT2D eigenvalue weighted by atomic mass is 32.1. The molecule has 1 unspecified atom stereocenters. The fourth-order valence-corrected chi connectivity index (χ4v) is 2.41. The molecule has 104 valence electrons. The van der Waals surface area contributed by atoms with Gasteiger partial charge in [-0.05, 0) is 25.8 Å². The van der Waals surface area contributed by atoms with Gasteiger partial charge >= 0.3 is 0 Å². The Morgan fingerprint density at radius 1 is 1.56 bits per heavy atom. The third-order valence-electron chi connectivity index (χ3n) is 3.62. The van der Waals surface area contributed by atoms with Gasteiger partial charge in [-0.25, -0.2) is 0 Å². The standard InChI is InChI=1S/C13H25N3OS/c1-10(17)15-11-5-8-16(9-11)7-4-6-13(2,3)12(14)18/h11H,4-9H2,1-3H3,(H2,14,18)(H,15,17). The zero-order valence-corrected chi connectivity index (χ0v) is 12.5. The lowest BCUT2D eigenvalue weighted by atomic mass is 9.88. The summed E-state index contributed by atoms with van der Waals surface area (Å²) < 4.78 is 0. The van der Waals surface area contributed by atoms with E-state index in [4.69, 9.17) is 18.0 Å². The summed E-state index contributed by atoms with van der Waals surface area (Å²) in [5.41, 5.74) is 5.66. The van der Waals surface area contributed by atoms with Gasteiger partial charge in [0.1, 0.15) is 0 Å². The van der Waals surface area contributed by atoms with Crippen molar-refractivity contribution in [2.75, 3.05) is 19.6 Å². The van der Waals surface area contributed by atoms with Gasteiger partial charge in [0.15, 0.2) is 0 Å². The minimum Gasteiger partial charge on any atom is -0.393 e. The number of amides is 1. The highest BCUT2D eigenvalue weighted by molar-refractivity contribution is 7.80. The Labute approximate surface area is 115 Å². The number of hydrogen-bond donors (Lipinski definition) is 2. The maximum absolute atomic E-state index is 11.0. The molecule has 4 nitrogen and oxygen atoms in total. The summed E-state index contributed by atoms with van der Waals surface area (Å²) in [7, 11) is 0. The average molecular weight is 271 g/mol. The lowest BCUT2D eigenvalue weighted by Gasteiger charge is -2.24. The summed E-state index contributed by atoms with van der Waals surface area (Å²) in [5, 5.41) is 2.98. The minimum atomic E-state index is -0.0495. The molecule has 1 saturated heterocycles. The highest BCUT2D eigenvalue weighted by Crippen LogP contribution is 2.23. The molecular formula is C13H25N3OS. The predicted molar refractivity (Wildman–Crippen MR) is 78.5 cm³/mol. The van der Waals surface area contributed by atoms with Crippen LogP contribution in [0.15, 0.2) is 0 Å². The van der Waals surface area contributed by atoms with E-state index < -0.39 is 0 Å². The molecule has 3 N–H and O–H groups in total.